The number of hydrogen-bond donors (Lipinski definition) is 1. The molecule has 1 aliphatic rings. The van der Waals surface area contributed by atoms with E-state index in [1.165, 1.54) is 0 Å². The van der Waals surface area contributed by atoms with Gasteiger partial charge in [0.05, 0.1) is 12.6 Å². The standard InChI is InChI=1S/C13H18N2OS/c1-3-10-9-17-13(14-10)15-11-5-7-12(8-6-11)16-4-2/h5-8,10H,3-4,9H2,1-2H3,(H,14,15). The highest BCUT2D eigenvalue weighted by Gasteiger charge is 2.16. The van der Waals surface area contributed by atoms with Crippen molar-refractivity contribution < 1.29 is 4.74 Å². The highest BCUT2D eigenvalue weighted by molar-refractivity contribution is 8.14. The molecule has 92 valence electrons. The Morgan fingerprint density at radius 3 is 2.71 bits per heavy atom. The van der Waals surface area contributed by atoms with Crippen LogP contribution in [0.1, 0.15) is 20.3 Å². The molecule has 0 spiro atoms. The molecule has 0 saturated heterocycles. The molecule has 1 heterocycles. The quantitative estimate of drug-likeness (QED) is 0.889. The molecule has 1 aliphatic heterocycles. The lowest BCUT2D eigenvalue weighted by molar-refractivity contribution is 0.340. The van der Waals surface area contributed by atoms with E-state index in [0.717, 1.165) is 28.8 Å². The molecular formula is C13H18N2OS. The average Bonchev–Trinajstić information content (AvgIpc) is 2.80. The Hall–Kier alpha value is -1.16. The van der Waals surface area contributed by atoms with E-state index in [0.29, 0.717) is 12.6 Å². The van der Waals surface area contributed by atoms with Crippen molar-refractivity contribution in [2.45, 2.75) is 26.3 Å². The molecule has 0 saturated carbocycles. The number of hydrogen-bond acceptors (Lipinski definition) is 4. The van der Waals surface area contributed by atoms with Gasteiger partial charge in [-0.05, 0) is 37.6 Å². The Labute approximate surface area is 107 Å². The second-order valence-corrected chi connectivity index (χ2v) is 4.90. The van der Waals surface area contributed by atoms with Crippen molar-refractivity contribution in [3.05, 3.63) is 24.3 Å². The smallest absolute Gasteiger partial charge is 0.161 e. The molecular weight excluding hydrogens is 232 g/mol. The Morgan fingerprint density at radius 2 is 2.12 bits per heavy atom. The van der Waals surface area contributed by atoms with Crippen molar-refractivity contribution in [2.75, 3.05) is 17.7 Å². The lowest BCUT2D eigenvalue weighted by Crippen LogP contribution is -2.05. The third-order valence-corrected chi connectivity index (χ3v) is 3.63. The highest BCUT2D eigenvalue weighted by atomic mass is 32.2. The summed E-state index contributed by atoms with van der Waals surface area (Å²) in [6, 6.07) is 8.47. The molecule has 0 amide bonds. The van der Waals surface area contributed by atoms with Crippen LogP contribution in [0.25, 0.3) is 0 Å². The van der Waals surface area contributed by atoms with E-state index in [2.05, 4.69) is 17.2 Å². The number of thioether (sulfide) groups is 1. The fourth-order valence-electron chi connectivity index (χ4n) is 1.62. The second-order valence-electron chi connectivity index (χ2n) is 3.89. The predicted molar refractivity (Wildman–Crippen MR) is 75.2 cm³/mol. The maximum Gasteiger partial charge on any atom is 0.161 e. The molecule has 4 heteroatoms. The number of nitrogens with one attached hydrogen (secondary N) is 1. The van der Waals surface area contributed by atoms with E-state index < -0.39 is 0 Å². The van der Waals surface area contributed by atoms with Gasteiger partial charge in [-0.25, -0.2) is 0 Å². The van der Waals surface area contributed by atoms with E-state index in [1.807, 2.05) is 31.2 Å². The summed E-state index contributed by atoms with van der Waals surface area (Å²) in [6.07, 6.45) is 1.11. The first-order valence-corrected chi connectivity index (χ1v) is 7.01. The van der Waals surface area contributed by atoms with Gasteiger partial charge in [0.15, 0.2) is 5.17 Å². The van der Waals surface area contributed by atoms with E-state index >= 15 is 0 Å². The SMILES string of the molecule is CCOc1ccc(NC2=NC(CC)CS2)cc1. The van der Waals surface area contributed by atoms with Crippen LogP contribution in [0.4, 0.5) is 5.69 Å². The maximum atomic E-state index is 5.40. The van der Waals surface area contributed by atoms with Crippen molar-refractivity contribution in [3.8, 4) is 5.75 Å². The monoisotopic (exact) mass is 250 g/mol. The summed E-state index contributed by atoms with van der Waals surface area (Å²) in [5.74, 6) is 2.00. The van der Waals surface area contributed by atoms with Crippen molar-refractivity contribution in [1.29, 1.82) is 0 Å². The summed E-state index contributed by atoms with van der Waals surface area (Å²) in [7, 11) is 0. The molecule has 0 bridgehead atoms. The summed E-state index contributed by atoms with van der Waals surface area (Å²) in [5, 5.41) is 4.36. The lowest BCUT2D eigenvalue weighted by Gasteiger charge is -2.06. The molecule has 3 nitrogen and oxygen atoms in total. The first kappa shape index (κ1) is 12.3. The van der Waals surface area contributed by atoms with Crippen molar-refractivity contribution in [1.82, 2.24) is 0 Å². The van der Waals surface area contributed by atoms with Gasteiger partial charge < -0.3 is 10.1 Å². The van der Waals surface area contributed by atoms with Gasteiger partial charge in [-0.2, -0.15) is 0 Å². The van der Waals surface area contributed by atoms with Crippen LogP contribution in [0.2, 0.25) is 0 Å². The Balaban J connectivity index is 1.95. The first-order chi connectivity index (χ1) is 8.31. The molecule has 1 aromatic rings. The molecule has 0 fully saturated rings. The number of amidine groups is 1. The maximum absolute atomic E-state index is 5.40. The van der Waals surface area contributed by atoms with Gasteiger partial charge in [-0.15, -0.1) is 0 Å². The third-order valence-electron chi connectivity index (χ3n) is 2.60. The van der Waals surface area contributed by atoms with Crippen LogP contribution in [-0.4, -0.2) is 23.6 Å². The van der Waals surface area contributed by atoms with Crippen LogP contribution in [0, 0.1) is 0 Å². The first-order valence-electron chi connectivity index (χ1n) is 6.02. The molecule has 1 aromatic carbocycles. The van der Waals surface area contributed by atoms with Crippen LogP contribution in [-0.2, 0) is 0 Å². The van der Waals surface area contributed by atoms with Crippen LogP contribution in [0.3, 0.4) is 0 Å². The van der Waals surface area contributed by atoms with Crippen molar-refractivity contribution in [3.63, 3.8) is 0 Å². The minimum atomic E-state index is 0.477. The van der Waals surface area contributed by atoms with E-state index in [-0.39, 0.29) is 0 Å². The largest absolute Gasteiger partial charge is 0.494 e. The summed E-state index contributed by atoms with van der Waals surface area (Å²) >= 11 is 1.79. The Morgan fingerprint density at radius 1 is 1.35 bits per heavy atom. The van der Waals surface area contributed by atoms with E-state index in [9.17, 15) is 0 Å². The summed E-state index contributed by atoms with van der Waals surface area (Å²) < 4.78 is 5.40. The van der Waals surface area contributed by atoms with Gasteiger partial charge in [0.1, 0.15) is 5.75 Å². The number of benzene rings is 1. The number of ether oxygens (including phenoxy) is 1. The zero-order valence-electron chi connectivity index (χ0n) is 10.3. The van der Waals surface area contributed by atoms with Gasteiger partial charge >= 0.3 is 0 Å². The molecule has 1 N–H and O–H groups in total. The zero-order chi connectivity index (χ0) is 12.1. The van der Waals surface area contributed by atoms with Gasteiger partial charge in [-0.3, -0.25) is 4.99 Å². The minimum Gasteiger partial charge on any atom is -0.494 e. The molecule has 0 aliphatic carbocycles. The molecule has 0 radical (unpaired) electrons. The van der Waals surface area contributed by atoms with Gasteiger partial charge in [0, 0.05) is 11.4 Å². The lowest BCUT2D eigenvalue weighted by atomic mass is 10.3. The summed E-state index contributed by atoms with van der Waals surface area (Å²) in [4.78, 5) is 4.60. The van der Waals surface area contributed by atoms with E-state index in [1.54, 1.807) is 11.8 Å². The van der Waals surface area contributed by atoms with Crippen LogP contribution in [0.5, 0.6) is 5.75 Å². The number of rotatable bonds is 4. The fourth-order valence-corrected chi connectivity index (χ4v) is 2.69. The average molecular weight is 250 g/mol. The number of aliphatic imine (C=N–C) groups is 1. The van der Waals surface area contributed by atoms with E-state index in [4.69, 9.17) is 4.74 Å². The number of anilines is 1. The summed E-state index contributed by atoms with van der Waals surface area (Å²) in [5.41, 5.74) is 1.07. The Kier molecular flexibility index (Phi) is 4.31. The molecule has 17 heavy (non-hydrogen) atoms. The third kappa shape index (κ3) is 3.40. The normalized spacial score (nSPS) is 18.9. The topological polar surface area (TPSA) is 33.6 Å². The van der Waals surface area contributed by atoms with Crippen LogP contribution >= 0.6 is 11.8 Å². The number of nitrogens with zero attached hydrogens (tertiary/aromatic N) is 1. The second kappa shape index (κ2) is 5.96. The summed E-state index contributed by atoms with van der Waals surface area (Å²) in [6.45, 7) is 4.86. The fraction of sp³-hybridized carbons (Fsp3) is 0.462. The minimum absolute atomic E-state index is 0.477. The van der Waals surface area contributed by atoms with Gasteiger partial charge in [-0.1, -0.05) is 18.7 Å². The van der Waals surface area contributed by atoms with Crippen LogP contribution < -0.4 is 10.1 Å². The van der Waals surface area contributed by atoms with Gasteiger partial charge in [0.2, 0.25) is 0 Å². The van der Waals surface area contributed by atoms with Crippen molar-refractivity contribution >= 4 is 22.6 Å². The Bertz CT molecular complexity index is 389. The molecule has 0 aromatic heterocycles. The van der Waals surface area contributed by atoms with Crippen molar-refractivity contribution in [2.24, 2.45) is 4.99 Å². The van der Waals surface area contributed by atoms with Crippen LogP contribution in [0.15, 0.2) is 29.3 Å². The predicted octanol–water partition coefficient (Wildman–Crippen LogP) is 3.38. The zero-order valence-corrected chi connectivity index (χ0v) is 11.1. The highest BCUT2D eigenvalue weighted by Crippen LogP contribution is 2.23. The molecule has 1 atom stereocenters. The molecule has 1 unspecified atom stereocenters. The van der Waals surface area contributed by atoms with Gasteiger partial charge in [0.25, 0.3) is 0 Å². The molecule has 2 rings (SSSR count).